The van der Waals surface area contributed by atoms with Crippen LogP contribution in [0.25, 0.3) is 0 Å². The van der Waals surface area contributed by atoms with Crippen molar-refractivity contribution in [3.63, 3.8) is 0 Å². The molecule has 0 amide bonds. The Labute approximate surface area is 179 Å². The zero-order valence-electron chi connectivity index (χ0n) is 16.4. The second-order valence-corrected chi connectivity index (χ2v) is 7.55. The summed E-state index contributed by atoms with van der Waals surface area (Å²) in [6.45, 7) is 1.48. The maximum Gasteiger partial charge on any atom is 0.282 e. The van der Waals surface area contributed by atoms with Gasteiger partial charge in [0.05, 0.1) is 18.8 Å². The predicted molar refractivity (Wildman–Crippen MR) is 112 cm³/mol. The van der Waals surface area contributed by atoms with E-state index in [0.29, 0.717) is 12.8 Å². The number of aromatic nitrogens is 3. The third-order valence-corrected chi connectivity index (χ3v) is 5.06. The molecular weight excluding hydrogens is 413 g/mol. The molecule has 0 bridgehead atoms. The molecule has 158 valence electrons. The Hall–Kier alpha value is -2.67. The van der Waals surface area contributed by atoms with Crippen LogP contribution in [-0.2, 0) is 12.8 Å². The number of alkyl halides is 2. The van der Waals surface area contributed by atoms with E-state index in [4.69, 9.17) is 4.98 Å². The van der Waals surface area contributed by atoms with Crippen LogP contribution in [0.4, 0.5) is 18.9 Å². The van der Waals surface area contributed by atoms with Crippen molar-refractivity contribution in [3.05, 3.63) is 83.5 Å². The molecule has 1 saturated heterocycles. The van der Waals surface area contributed by atoms with E-state index in [2.05, 4.69) is 9.97 Å². The number of hydrogen-bond acceptors (Lipinski definition) is 4. The van der Waals surface area contributed by atoms with Gasteiger partial charge in [-0.1, -0.05) is 19.1 Å². The van der Waals surface area contributed by atoms with E-state index in [9.17, 15) is 13.2 Å². The molecule has 4 rings (SSSR count). The van der Waals surface area contributed by atoms with Gasteiger partial charge in [0.1, 0.15) is 5.82 Å². The highest BCUT2D eigenvalue weighted by Gasteiger charge is 2.44. The Kier molecular flexibility index (Phi) is 6.61. The minimum absolute atomic E-state index is 0. The SMILES string of the molecule is C[C@H](Cc1cc(N2CC(F)(F)C2)cc(Cc2cnccn2)n1)c1ccc(F)cc1.Cl. The molecule has 0 saturated carbocycles. The molecular formula is C22H22ClF3N4. The van der Waals surface area contributed by atoms with Crippen molar-refractivity contribution in [2.24, 2.45) is 0 Å². The standard InChI is InChI=1S/C22H21F3N4.ClH/c1-15(16-2-4-17(23)5-3-16)8-18-10-21(29-13-22(24,25)14-29)11-19(28-18)9-20-12-26-6-7-27-20;/h2-7,10-12,15H,8-9,13-14H2,1H3;1H/t15-;/m1./s1. The highest BCUT2D eigenvalue weighted by molar-refractivity contribution is 5.85. The van der Waals surface area contributed by atoms with Crippen molar-refractivity contribution in [2.45, 2.75) is 31.6 Å². The van der Waals surface area contributed by atoms with E-state index in [0.717, 1.165) is 28.3 Å². The van der Waals surface area contributed by atoms with Gasteiger partial charge in [-0.2, -0.15) is 0 Å². The van der Waals surface area contributed by atoms with Gasteiger partial charge in [-0.15, -0.1) is 12.4 Å². The van der Waals surface area contributed by atoms with Gasteiger partial charge in [0.2, 0.25) is 0 Å². The van der Waals surface area contributed by atoms with Crippen LogP contribution in [0.1, 0.15) is 35.5 Å². The fourth-order valence-corrected chi connectivity index (χ4v) is 3.53. The van der Waals surface area contributed by atoms with Gasteiger partial charge in [-0.05, 0) is 42.2 Å². The van der Waals surface area contributed by atoms with Gasteiger partial charge in [0, 0.05) is 42.1 Å². The van der Waals surface area contributed by atoms with Crippen molar-refractivity contribution < 1.29 is 13.2 Å². The molecule has 3 heterocycles. The highest BCUT2D eigenvalue weighted by Crippen LogP contribution is 2.33. The minimum atomic E-state index is -2.64. The third-order valence-electron chi connectivity index (χ3n) is 5.06. The van der Waals surface area contributed by atoms with E-state index in [-0.39, 0.29) is 37.2 Å². The fraction of sp³-hybridized carbons (Fsp3) is 0.318. The van der Waals surface area contributed by atoms with E-state index in [1.165, 1.54) is 12.1 Å². The van der Waals surface area contributed by atoms with Gasteiger partial charge in [-0.3, -0.25) is 15.0 Å². The van der Waals surface area contributed by atoms with Crippen LogP contribution in [-0.4, -0.2) is 34.0 Å². The normalized spacial score (nSPS) is 15.8. The number of anilines is 1. The number of pyridine rings is 1. The molecule has 1 aromatic carbocycles. The summed E-state index contributed by atoms with van der Waals surface area (Å²) in [6.07, 6.45) is 5.99. The smallest absolute Gasteiger partial charge is 0.282 e. The molecule has 4 nitrogen and oxygen atoms in total. The number of nitrogens with zero attached hydrogens (tertiary/aromatic N) is 4. The summed E-state index contributed by atoms with van der Waals surface area (Å²) < 4.78 is 40.0. The topological polar surface area (TPSA) is 41.9 Å². The Morgan fingerprint density at radius 2 is 1.73 bits per heavy atom. The molecule has 2 aromatic heterocycles. The molecule has 1 aliphatic heterocycles. The van der Waals surface area contributed by atoms with Crippen molar-refractivity contribution in [1.82, 2.24) is 15.0 Å². The Balaban J connectivity index is 0.00000256. The van der Waals surface area contributed by atoms with Crippen LogP contribution in [0.2, 0.25) is 0 Å². The van der Waals surface area contributed by atoms with Gasteiger partial charge >= 0.3 is 0 Å². The maximum atomic E-state index is 13.4. The lowest BCUT2D eigenvalue weighted by Gasteiger charge is -2.40. The Morgan fingerprint density at radius 3 is 2.37 bits per heavy atom. The molecule has 1 aliphatic rings. The second kappa shape index (κ2) is 9.00. The summed E-state index contributed by atoms with van der Waals surface area (Å²) in [6, 6.07) is 10.1. The van der Waals surface area contributed by atoms with Crippen molar-refractivity contribution in [2.75, 3.05) is 18.0 Å². The maximum absolute atomic E-state index is 13.4. The molecule has 1 fully saturated rings. The zero-order valence-corrected chi connectivity index (χ0v) is 17.2. The van der Waals surface area contributed by atoms with Crippen LogP contribution in [0, 0.1) is 5.82 Å². The minimum Gasteiger partial charge on any atom is -0.359 e. The first-order chi connectivity index (χ1) is 13.9. The van der Waals surface area contributed by atoms with Gasteiger partial charge in [0.15, 0.2) is 0 Å². The first-order valence-electron chi connectivity index (χ1n) is 9.51. The van der Waals surface area contributed by atoms with Crippen molar-refractivity contribution in [3.8, 4) is 0 Å². The van der Waals surface area contributed by atoms with E-state index in [1.807, 2.05) is 19.1 Å². The summed E-state index contributed by atoms with van der Waals surface area (Å²) in [4.78, 5) is 14.7. The molecule has 1 atom stereocenters. The summed E-state index contributed by atoms with van der Waals surface area (Å²) in [5, 5.41) is 0. The highest BCUT2D eigenvalue weighted by atomic mass is 35.5. The van der Waals surface area contributed by atoms with Crippen molar-refractivity contribution >= 4 is 18.1 Å². The summed E-state index contributed by atoms with van der Waals surface area (Å²) in [5.74, 6) is -2.80. The molecule has 0 spiro atoms. The molecule has 0 aliphatic carbocycles. The van der Waals surface area contributed by atoms with Crippen LogP contribution < -0.4 is 4.90 Å². The number of benzene rings is 1. The molecule has 8 heteroatoms. The third kappa shape index (κ3) is 5.27. The van der Waals surface area contributed by atoms with E-state index >= 15 is 0 Å². The summed E-state index contributed by atoms with van der Waals surface area (Å²) in [5.41, 5.74) is 4.09. The van der Waals surface area contributed by atoms with Gasteiger partial charge < -0.3 is 4.90 Å². The summed E-state index contributed by atoms with van der Waals surface area (Å²) in [7, 11) is 0. The lowest BCUT2D eigenvalue weighted by atomic mass is 9.95. The number of rotatable bonds is 6. The quantitative estimate of drug-likeness (QED) is 0.557. The zero-order chi connectivity index (χ0) is 20.4. The largest absolute Gasteiger partial charge is 0.359 e. The average molecular weight is 435 g/mol. The lowest BCUT2D eigenvalue weighted by molar-refractivity contribution is -0.0262. The van der Waals surface area contributed by atoms with Gasteiger partial charge in [-0.25, -0.2) is 13.2 Å². The van der Waals surface area contributed by atoms with Crippen molar-refractivity contribution in [1.29, 1.82) is 0 Å². The molecule has 0 N–H and O–H groups in total. The van der Waals surface area contributed by atoms with E-state index in [1.54, 1.807) is 35.6 Å². The Bertz CT molecular complexity index is 975. The molecule has 30 heavy (non-hydrogen) atoms. The lowest BCUT2D eigenvalue weighted by Crippen LogP contribution is -2.56. The van der Waals surface area contributed by atoms with Gasteiger partial charge in [0.25, 0.3) is 5.92 Å². The number of halogens is 4. The summed E-state index contributed by atoms with van der Waals surface area (Å²) >= 11 is 0. The fourth-order valence-electron chi connectivity index (χ4n) is 3.53. The monoisotopic (exact) mass is 434 g/mol. The first-order valence-corrected chi connectivity index (χ1v) is 9.51. The molecule has 3 aromatic rings. The van der Waals surface area contributed by atoms with E-state index < -0.39 is 5.92 Å². The van der Waals surface area contributed by atoms with Crippen LogP contribution in [0.3, 0.4) is 0 Å². The average Bonchev–Trinajstić information content (AvgIpc) is 2.67. The second-order valence-electron chi connectivity index (χ2n) is 7.55. The molecule has 0 unspecified atom stereocenters. The predicted octanol–water partition coefficient (Wildman–Crippen LogP) is 4.82. The number of hydrogen-bond donors (Lipinski definition) is 0. The van der Waals surface area contributed by atoms with Crippen LogP contribution in [0.5, 0.6) is 0 Å². The Morgan fingerprint density at radius 1 is 1.03 bits per heavy atom. The van der Waals surface area contributed by atoms with Crippen LogP contribution in [0.15, 0.2) is 55.0 Å². The molecule has 0 radical (unpaired) electrons. The first kappa shape index (κ1) is 22.0. The van der Waals surface area contributed by atoms with Crippen LogP contribution >= 0.6 is 12.4 Å².